The van der Waals surface area contributed by atoms with Gasteiger partial charge in [-0.1, -0.05) is 30.3 Å². The summed E-state index contributed by atoms with van der Waals surface area (Å²) in [6, 6.07) is 9.77. The molecule has 0 N–H and O–H groups in total. The van der Waals surface area contributed by atoms with Gasteiger partial charge >= 0.3 is 6.08 Å². The van der Waals surface area contributed by atoms with Gasteiger partial charge in [0.2, 0.25) is 0 Å². The largest absolute Gasteiger partial charge is 0.454 e. The third-order valence-corrected chi connectivity index (χ3v) is 1.72. The Hall–Kier alpha value is -1.77. The van der Waals surface area contributed by atoms with Crippen molar-refractivity contribution in [1.29, 1.82) is 0 Å². The highest BCUT2D eigenvalue weighted by atomic mass is 16.6. The molecule has 13 heavy (non-hydrogen) atoms. The van der Waals surface area contributed by atoms with Crippen LogP contribution in [0.1, 0.15) is 0 Å². The van der Waals surface area contributed by atoms with Crippen LogP contribution in [0.3, 0.4) is 0 Å². The van der Waals surface area contributed by atoms with Crippen molar-refractivity contribution in [3.8, 4) is 17.4 Å². The molecule has 2 rings (SSSR count). The van der Waals surface area contributed by atoms with Crippen LogP contribution in [0.2, 0.25) is 0 Å². The van der Waals surface area contributed by atoms with E-state index >= 15 is 0 Å². The van der Waals surface area contributed by atoms with Gasteiger partial charge in [-0.2, -0.15) is 4.98 Å². The second kappa shape index (κ2) is 3.31. The summed E-state index contributed by atoms with van der Waals surface area (Å²) in [5.74, 6) is 0.720. The topological polar surface area (TPSA) is 35.3 Å². The van der Waals surface area contributed by atoms with Crippen LogP contribution in [-0.2, 0) is 0 Å². The number of nitrogens with zero attached hydrogens (tertiary/aromatic N) is 1. The van der Waals surface area contributed by atoms with E-state index in [0.29, 0.717) is 6.08 Å². The second-order valence-corrected chi connectivity index (χ2v) is 2.56. The Balaban J connectivity index is 2.36. The lowest BCUT2D eigenvalue weighted by atomic mass is 10.2. The summed E-state index contributed by atoms with van der Waals surface area (Å²) in [6.07, 6.45) is 1.94. The minimum atomic E-state index is 0.291. The first-order chi connectivity index (χ1) is 6.40. The van der Waals surface area contributed by atoms with Gasteiger partial charge in [0.05, 0.1) is 13.3 Å². The lowest BCUT2D eigenvalue weighted by Crippen LogP contribution is -1.78. The Bertz CT molecular complexity index is 381. The molecule has 2 aromatic rings. The van der Waals surface area contributed by atoms with E-state index < -0.39 is 0 Å². The van der Waals surface area contributed by atoms with E-state index in [2.05, 4.69) is 4.98 Å². The SMILES string of the molecule is COc1ncc(-c2ccccc2)o1. The molecular formula is C10H9NO2. The van der Waals surface area contributed by atoms with Crippen molar-refractivity contribution in [3.63, 3.8) is 0 Å². The highest BCUT2D eigenvalue weighted by Gasteiger charge is 2.04. The summed E-state index contributed by atoms with van der Waals surface area (Å²) in [4.78, 5) is 3.92. The summed E-state index contributed by atoms with van der Waals surface area (Å²) in [6.45, 7) is 0. The van der Waals surface area contributed by atoms with Crippen molar-refractivity contribution in [2.75, 3.05) is 7.11 Å². The Morgan fingerprint density at radius 1 is 1.23 bits per heavy atom. The maximum absolute atomic E-state index is 5.29. The van der Waals surface area contributed by atoms with E-state index in [1.807, 2.05) is 30.3 Å². The fraction of sp³-hybridized carbons (Fsp3) is 0.100. The number of hydrogen-bond donors (Lipinski definition) is 0. The van der Waals surface area contributed by atoms with Crippen molar-refractivity contribution in [2.24, 2.45) is 0 Å². The normalized spacial score (nSPS) is 9.92. The van der Waals surface area contributed by atoms with Gasteiger partial charge in [0.1, 0.15) is 0 Å². The Morgan fingerprint density at radius 2 is 2.00 bits per heavy atom. The van der Waals surface area contributed by atoms with Crippen LogP contribution in [0, 0.1) is 0 Å². The van der Waals surface area contributed by atoms with Gasteiger partial charge in [-0.25, -0.2) is 0 Å². The van der Waals surface area contributed by atoms with E-state index in [0.717, 1.165) is 11.3 Å². The average Bonchev–Trinajstić information content (AvgIpc) is 2.67. The Kier molecular flexibility index (Phi) is 2.00. The smallest absolute Gasteiger partial charge is 0.393 e. The van der Waals surface area contributed by atoms with Crippen molar-refractivity contribution in [1.82, 2.24) is 4.98 Å². The third-order valence-electron chi connectivity index (χ3n) is 1.72. The molecule has 1 aromatic heterocycles. The molecule has 3 heteroatoms. The number of oxazole rings is 1. The Morgan fingerprint density at radius 3 is 2.62 bits per heavy atom. The molecule has 1 aromatic carbocycles. The zero-order valence-electron chi connectivity index (χ0n) is 7.23. The molecular weight excluding hydrogens is 166 g/mol. The predicted octanol–water partition coefficient (Wildman–Crippen LogP) is 2.35. The predicted molar refractivity (Wildman–Crippen MR) is 48.5 cm³/mol. The van der Waals surface area contributed by atoms with Gasteiger partial charge in [0, 0.05) is 5.56 Å². The molecule has 0 saturated heterocycles. The fourth-order valence-electron chi connectivity index (χ4n) is 1.09. The van der Waals surface area contributed by atoms with E-state index in [9.17, 15) is 0 Å². The van der Waals surface area contributed by atoms with Crippen LogP contribution in [0.5, 0.6) is 6.08 Å². The van der Waals surface area contributed by atoms with E-state index in [1.54, 1.807) is 6.20 Å². The van der Waals surface area contributed by atoms with Crippen LogP contribution >= 0.6 is 0 Å². The maximum atomic E-state index is 5.29. The Labute approximate surface area is 76.0 Å². The quantitative estimate of drug-likeness (QED) is 0.702. The number of ether oxygens (including phenoxy) is 1. The fourth-order valence-corrected chi connectivity index (χ4v) is 1.09. The summed E-state index contributed by atoms with van der Waals surface area (Å²) in [5, 5.41) is 0. The van der Waals surface area contributed by atoms with Crippen LogP contribution in [-0.4, -0.2) is 12.1 Å². The van der Waals surface area contributed by atoms with Gasteiger partial charge < -0.3 is 9.15 Å². The van der Waals surface area contributed by atoms with Crippen molar-refractivity contribution < 1.29 is 9.15 Å². The molecule has 0 fully saturated rings. The van der Waals surface area contributed by atoms with Gasteiger partial charge in [0.15, 0.2) is 5.76 Å². The zero-order valence-corrected chi connectivity index (χ0v) is 7.23. The lowest BCUT2D eigenvalue weighted by Gasteiger charge is -1.93. The summed E-state index contributed by atoms with van der Waals surface area (Å²) in [7, 11) is 1.53. The highest BCUT2D eigenvalue weighted by molar-refractivity contribution is 5.55. The van der Waals surface area contributed by atoms with Crippen molar-refractivity contribution >= 4 is 0 Å². The summed E-state index contributed by atoms with van der Waals surface area (Å²) >= 11 is 0. The monoisotopic (exact) mass is 175 g/mol. The standard InChI is InChI=1S/C10H9NO2/c1-12-10-11-7-9(13-10)8-5-3-2-4-6-8/h2-7H,1H3. The molecule has 0 aliphatic rings. The summed E-state index contributed by atoms with van der Waals surface area (Å²) in [5.41, 5.74) is 0.998. The van der Waals surface area contributed by atoms with Crippen LogP contribution in [0.25, 0.3) is 11.3 Å². The molecule has 0 unspecified atom stereocenters. The second-order valence-electron chi connectivity index (χ2n) is 2.56. The number of aromatic nitrogens is 1. The van der Waals surface area contributed by atoms with Crippen molar-refractivity contribution in [2.45, 2.75) is 0 Å². The molecule has 3 nitrogen and oxygen atoms in total. The zero-order chi connectivity index (χ0) is 9.10. The van der Waals surface area contributed by atoms with Crippen LogP contribution in [0.15, 0.2) is 40.9 Å². The molecule has 66 valence electrons. The molecule has 0 aliphatic carbocycles. The van der Waals surface area contributed by atoms with Gasteiger partial charge in [-0.15, -0.1) is 0 Å². The first-order valence-corrected chi connectivity index (χ1v) is 3.95. The van der Waals surface area contributed by atoms with E-state index in [1.165, 1.54) is 7.11 Å². The van der Waals surface area contributed by atoms with Gasteiger partial charge in [0.25, 0.3) is 0 Å². The molecule has 0 atom stereocenters. The third kappa shape index (κ3) is 1.54. The molecule has 0 saturated carbocycles. The minimum absolute atomic E-state index is 0.291. The molecule has 0 radical (unpaired) electrons. The molecule has 0 amide bonds. The summed E-state index contributed by atoms with van der Waals surface area (Å²) < 4.78 is 10.1. The van der Waals surface area contributed by atoms with Crippen LogP contribution < -0.4 is 4.74 Å². The van der Waals surface area contributed by atoms with Crippen LogP contribution in [0.4, 0.5) is 0 Å². The van der Waals surface area contributed by atoms with E-state index in [-0.39, 0.29) is 0 Å². The lowest BCUT2D eigenvalue weighted by molar-refractivity contribution is 0.293. The maximum Gasteiger partial charge on any atom is 0.393 e. The number of hydrogen-bond acceptors (Lipinski definition) is 3. The number of methoxy groups -OCH3 is 1. The van der Waals surface area contributed by atoms with Gasteiger partial charge in [-0.05, 0) is 0 Å². The number of benzene rings is 1. The first kappa shape index (κ1) is 7.86. The molecule has 0 aliphatic heterocycles. The highest BCUT2D eigenvalue weighted by Crippen LogP contribution is 2.22. The molecule has 0 spiro atoms. The first-order valence-electron chi connectivity index (χ1n) is 3.95. The molecule has 1 heterocycles. The average molecular weight is 175 g/mol. The van der Waals surface area contributed by atoms with Crippen molar-refractivity contribution in [3.05, 3.63) is 36.5 Å². The molecule has 0 bridgehead atoms. The van der Waals surface area contributed by atoms with Gasteiger partial charge in [-0.3, -0.25) is 0 Å². The minimum Gasteiger partial charge on any atom is -0.454 e. The number of rotatable bonds is 2. The van der Waals surface area contributed by atoms with E-state index in [4.69, 9.17) is 9.15 Å².